The zero-order valence-corrected chi connectivity index (χ0v) is 15.8. The summed E-state index contributed by atoms with van der Waals surface area (Å²) in [5, 5.41) is 20.0. The van der Waals surface area contributed by atoms with Gasteiger partial charge in [-0.15, -0.1) is 0 Å². The Bertz CT molecular complexity index is 834. The van der Waals surface area contributed by atoms with Crippen LogP contribution in [0.5, 0.6) is 5.75 Å². The van der Waals surface area contributed by atoms with E-state index in [9.17, 15) is 19.5 Å². The molecule has 2 aromatic carbocycles. The van der Waals surface area contributed by atoms with Gasteiger partial charge in [0.05, 0.1) is 0 Å². The van der Waals surface area contributed by atoms with Gasteiger partial charge in [0, 0.05) is 35.9 Å². The summed E-state index contributed by atoms with van der Waals surface area (Å²) in [5.41, 5.74) is 1.32. The second-order valence-electron chi connectivity index (χ2n) is 6.39. The average molecular weight is 384 g/mol. The summed E-state index contributed by atoms with van der Waals surface area (Å²) in [6, 6.07) is 12.1. The molecule has 0 fully saturated rings. The minimum atomic E-state index is -0.343. The molecular formula is C20H24N4O4. The van der Waals surface area contributed by atoms with Crippen LogP contribution in [-0.2, 0) is 0 Å². The Morgan fingerprint density at radius 2 is 1.50 bits per heavy atom. The number of benzene rings is 2. The molecule has 8 heteroatoms. The van der Waals surface area contributed by atoms with Gasteiger partial charge in [0.25, 0.3) is 11.8 Å². The Balaban J connectivity index is 1.79. The zero-order chi connectivity index (χ0) is 20.5. The second-order valence-corrected chi connectivity index (χ2v) is 6.39. The van der Waals surface area contributed by atoms with E-state index < -0.39 is 0 Å². The molecule has 148 valence electrons. The van der Waals surface area contributed by atoms with E-state index in [4.69, 9.17) is 0 Å². The zero-order valence-electron chi connectivity index (χ0n) is 15.8. The summed E-state index contributed by atoms with van der Waals surface area (Å²) in [7, 11) is 0. The summed E-state index contributed by atoms with van der Waals surface area (Å²) < 4.78 is 0. The average Bonchev–Trinajstić information content (AvgIpc) is 2.65. The van der Waals surface area contributed by atoms with Crippen molar-refractivity contribution in [2.24, 2.45) is 0 Å². The first kappa shape index (κ1) is 20.8. The number of carbonyl (C=O) groups is 3. The highest BCUT2D eigenvalue weighted by Gasteiger charge is 2.09. The summed E-state index contributed by atoms with van der Waals surface area (Å²) in [6.45, 7) is 4.20. The predicted octanol–water partition coefficient (Wildman–Crippen LogP) is 2.08. The number of rotatable bonds is 7. The standard InChI is InChI=1S/C20H24N4O4/c1-13(2)23-20(28)24-16-5-3-4-15(12-16)19(27)22-11-10-21-18(26)14-6-8-17(25)9-7-14/h3-9,12-13,25H,10-11H2,1-2H3,(H,21,26)(H,22,27)(H2,23,24,28). The Morgan fingerprint density at radius 1 is 0.893 bits per heavy atom. The number of phenols is 1. The number of aromatic hydroxyl groups is 1. The van der Waals surface area contributed by atoms with Crippen LogP contribution in [0.15, 0.2) is 48.5 Å². The number of phenolic OH excluding ortho intramolecular Hbond substituents is 1. The number of amides is 4. The van der Waals surface area contributed by atoms with Crippen molar-refractivity contribution in [2.75, 3.05) is 18.4 Å². The van der Waals surface area contributed by atoms with Crippen molar-refractivity contribution in [3.63, 3.8) is 0 Å². The number of carbonyl (C=O) groups excluding carboxylic acids is 3. The van der Waals surface area contributed by atoms with Gasteiger partial charge in [-0.2, -0.15) is 0 Å². The highest BCUT2D eigenvalue weighted by Crippen LogP contribution is 2.11. The highest BCUT2D eigenvalue weighted by atomic mass is 16.3. The van der Waals surface area contributed by atoms with E-state index in [0.29, 0.717) is 16.8 Å². The molecule has 0 aliphatic rings. The summed E-state index contributed by atoms with van der Waals surface area (Å²) in [5.74, 6) is -0.523. The van der Waals surface area contributed by atoms with Crippen molar-refractivity contribution in [3.05, 3.63) is 59.7 Å². The first-order valence-electron chi connectivity index (χ1n) is 8.88. The van der Waals surface area contributed by atoms with E-state index in [1.54, 1.807) is 24.3 Å². The molecular weight excluding hydrogens is 360 g/mol. The molecule has 28 heavy (non-hydrogen) atoms. The SMILES string of the molecule is CC(C)NC(=O)Nc1cccc(C(=O)NCCNC(=O)c2ccc(O)cc2)c1. The molecule has 0 bridgehead atoms. The van der Waals surface area contributed by atoms with E-state index >= 15 is 0 Å². The minimum absolute atomic E-state index is 0.00303. The smallest absolute Gasteiger partial charge is 0.319 e. The van der Waals surface area contributed by atoms with Crippen LogP contribution in [0.2, 0.25) is 0 Å². The Hall–Kier alpha value is -3.55. The normalized spacial score (nSPS) is 10.2. The molecule has 0 radical (unpaired) electrons. The fraction of sp³-hybridized carbons (Fsp3) is 0.250. The van der Waals surface area contributed by atoms with E-state index in [0.717, 1.165) is 0 Å². The van der Waals surface area contributed by atoms with Crippen LogP contribution in [0.4, 0.5) is 10.5 Å². The molecule has 8 nitrogen and oxygen atoms in total. The third-order valence-electron chi connectivity index (χ3n) is 3.63. The number of hydrogen-bond donors (Lipinski definition) is 5. The van der Waals surface area contributed by atoms with Crippen molar-refractivity contribution in [2.45, 2.75) is 19.9 Å². The maximum atomic E-state index is 12.2. The van der Waals surface area contributed by atoms with Gasteiger partial charge in [-0.1, -0.05) is 6.07 Å². The van der Waals surface area contributed by atoms with Gasteiger partial charge >= 0.3 is 6.03 Å². The van der Waals surface area contributed by atoms with Gasteiger partial charge in [-0.05, 0) is 56.3 Å². The summed E-state index contributed by atoms with van der Waals surface area (Å²) in [6.07, 6.45) is 0. The van der Waals surface area contributed by atoms with Crippen LogP contribution in [0.25, 0.3) is 0 Å². The van der Waals surface area contributed by atoms with Crippen LogP contribution in [-0.4, -0.2) is 42.1 Å². The maximum absolute atomic E-state index is 12.2. The van der Waals surface area contributed by atoms with Crippen LogP contribution in [0.1, 0.15) is 34.6 Å². The lowest BCUT2D eigenvalue weighted by atomic mass is 10.2. The monoisotopic (exact) mass is 384 g/mol. The van der Waals surface area contributed by atoms with Crippen molar-refractivity contribution in [1.82, 2.24) is 16.0 Å². The lowest BCUT2D eigenvalue weighted by Gasteiger charge is -2.11. The molecule has 0 aromatic heterocycles. The maximum Gasteiger partial charge on any atom is 0.319 e. The van der Waals surface area contributed by atoms with Crippen LogP contribution >= 0.6 is 0 Å². The van der Waals surface area contributed by atoms with Gasteiger partial charge in [0.15, 0.2) is 0 Å². The molecule has 0 saturated heterocycles. The Morgan fingerprint density at radius 3 is 2.11 bits per heavy atom. The quantitative estimate of drug-likeness (QED) is 0.470. The molecule has 0 aliphatic heterocycles. The second kappa shape index (κ2) is 9.96. The molecule has 0 saturated carbocycles. The van der Waals surface area contributed by atoms with Gasteiger partial charge < -0.3 is 26.4 Å². The van der Waals surface area contributed by atoms with E-state index in [1.165, 1.54) is 24.3 Å². The highest BCUT2D eigenvalue weighted by molar-refractivity contribution is 5.97. The number of nitrogens with one attached hydrogen (secondary N) is 4. The van der Waals surface area contributed by atoms with Gasteiger partial charge in [-0.3, -0.25) is 9.59 Å². The van der Waals surface area contributed by atoms with E-state index in [-0.39, 0.29) is 42.7 Å². The molecule has 0 heterocycles. The molecule has 4 amide bonds. The molecule has 0 atom stereocenters. The number of urea groups is 1. The van der Waals surface area contributed by atoms with Gasteiger partial charge in [0.1, 0.15) is 5.75 Å². The van der Waals surface area contributed by atoms with Crippen molar-refractivity contribution in [1.29, 1.82) is 0 Å². The van der Waals surface area contributed by atoms with E-state index in [2.05, 4.69) is 21.3 Å². The van der Waals surface area contributed by atoms with Crippen molar-refractivity contribution < 1.29 is 19.5 Å². The first-order valence-corrected chi connectivity index (χ1v) is 8.88. The van der Waals surface area contributed by atoms with Gasteiger partial charge in [-0.25, -0.2) is 4.79 Å². The number of anilines is 1. The molecule has 0 unspecified atom stereocenters. The Kier molecular flexibility index (Phi) is 7.38. The fourth-order valence-electron chi connectivity index (χ4n) is 2.34. The van der Waals surface area contributed by atoms with Crippen LogP contribution < -0.4 is 21.3 Å². The minimum Gasteiger partial charge on any atom is -0.508 e. The third kappa shape index (κ3) is 6.64. The molecule has 5 N–H and O–H groups in total. The fourth-order valence-corrected chi connectivity index (χ4v) is 2.34. The van der Waals surface area contributed by atoms with Crippen molar-refractivity contribution >= 4 is 23.5 Å². The Labute approximate surface area is 163 Å². The van der Waals surface area contributed by atoms with Crippen LogP contribution in [0, 0.1) is 0 Å². The van der Waals surface area contributed by atoms with Crippen molar-refractivity contribution in [3.8, 4) is 5.75 Å². The lowest BCUT2D eigenvalue weighted by molar-refractivity contribution is 0.0927. The molecule has 0 spiro atoms. The predicted molar refractivity (Wildman–Crippen MR) is 107 cm³/mol. The summed E-state index contributed by atoms with van der Waals surface area (Å²) in [4.78, 5) is 35.9. The largest absolute Gasteiger partial charge is 0.508 e. The third-order valence-corrected chi connectivity index (χ3v) is 3.63. The van der Waals surface area contributed by atoms with E-state index in [1.807, 2.05) is 13.8 Å². The number of hydrogen-bond acceptors (Lipinski definition) is 4. The van der Waals surface area contributed by atoms with Gasteiger partial charge in [0.2, 0.25) is 0 Å². The summed E-state index contributed by atoms with van der Waals surface area (Å²) >= 11 is 0. The van der Waals surface area contributed by atoms with Crippen LogP contribution in [0.3, 0.4) is 0 Å². The topological polar surface area (TPSA) is 120 Å². The first-order chi connectivity index (χ1) is 13.3. The molecule has 0 aliphatic carbocycles. The lowest BCUT2D eigenvalue weighted by Crippen LogP contribution is -2.35. The molecule has 2 aromatic rings. The molecule has 2 rings (SSSR count).